The summed E-state index contributed by atoms with van der Waals surface area (Å²) in [5, 5.41) is 0. The van der Waals surface area contributed by atoms with Crippen molar-refractivity contribution in [3.8, 4) is 5.75 Å². The molecule has 1 aromatic heterocycles. The average molecular weight is 273 g/mol. The predicted molar refractivity (Wildman–Crippen MR) is 65.9 cm³/mol. The quantitative estimate of drug-likeness (QED) is 0.895. The Morgan fingerprint density at radius 1 is 1.53 bits per heavy atom. The molecule has 1 unspecified atom stereocenters. The van der Waals surface area contributed by atoms with Gasteiger partial charge in [0, 0.05) is 6.20 Å². The maximum atomic E-state index is 5.76. The summed E-state index contributed by atoms with van der Waals surface area (Å²) >= 11 is 3.37. The first-order valence-electron chi connectivity index (χ1n) is 5.17. The zero-order chi connectivity index (χ0) is 11.3. The second-order valence-electron chi connectivity index (χ2n) is 3.74. The Balaban J connectivity index is 2.57. The van der Waals surface area contributed by atoms with Gasteiger partial charge < -0.3 is 10.5 Å². The summed E-state index contributed by atoms with van der Waals surface area (Å²) in [6.07, 6.45) is 5.64. The highest BCUT2D eigenvalue weighted by atomic mass is 79.9. The van der Waals surface area contributed by atoms with Gasteiger partial charge in [-0.1, -0.05) is 20.3 Å². The van der Waals surface area contributed by atoms with Crippen LogP contribution in [0.5, 0.6) is 5.75 Å². The molecule has 1 aromatic rings. The van der Waals surface area contributed by atoms with E-state index in [1.165, 1.54) is 12.8 Å². The summed E-state index contributed by atoms with van der Waals surface area (Å²) in [7, 11) is 0. The van der Waals surface area contributed by atoms with Crippen LogP contribution in [-0.2, 0) is 0 Å². The zero-order valence-corrected chi connectivity index (χ0v) is 10.8. The van der Waals surface area contributed by atoms with Crippen molar-refractivity contribution in [1.29, 1.82) is 0 Å². The molecule has 1 atom stereocenters. The van der Waals surface area contributed by atoms with Crippen molar-refractivity contribution in [1.82, 2.24) is 4.98 Å². The van der Waals surface area contributed by atoms with E-state index in [0.717, 1.165) is 4.47 Å². The van der Waals surface area contributed by atoms with Gasteiger partial charge in [-0.2, -0.15) is 0 Å². The summed E-state index contributed by atoms with van der Waals surface area (Å²) < 4.78 is 6.48. The molecule has 0 saturated heterocycles. The van der Waals surface area contributed by atoms with Gasteiger partial charge in [-0.05, 0) is 28.3 Å². The lowest BCUT2D eigenvalue weighted by molar-refractivity contribution is 0.251. The number of aromatic nitrogens is 1. The minimum atomic E-state index is 0.550. The summed E-state index contributed by atoms with van der Waals surface area (Å²) in [4.78, 5) is 3.96. The van der Waals surface area contributed by atoms with Gasteiger partial charge in [0.1, 0.15) is 0 Å². The molecular weight excluding hydrogens is 256 g/mol. The molecule has 0 aliphatic carbocycles. The standard InChI is InChI=1S/C11H17BrN2O/c1-3-4-8(2)7-15-11-9(12)5-14-6-10(11)13/h5-6,8H,3-4,7,13H2,1-2H3. The van der Waals surface area contributed by atoms with Gasteiger partial charge in [0.05, 0.1) is 23.0 Å². The third-order valence-electron chi connectivity index (χ3n) is 2.17. The molecule has 0 amide bonds. The van der Waals surface area contributed by atoms with E-state index in [1.54, 1.807) is 12.4 Å². The summed E-state index contributed by atoms with van der Waals surface area (Å²) in [5.41, 5.74) is 6.34. The number of hydrogen-bond donors (Lipinski definition) is 1. The average Bonchev–Trinajstić information content (AvgIpc) is 2.17. The number of nitrogens with two attached hydrogens (primary N) is 1. The number of nitrogen functional groups attached to an aromatic ring is 1. The van der Waals surface area contributed by atoms with Crippen LogP contribution in [0.2, 0.25) is 0 Å². The van der Waals surface area contributed by atoms with Crippen molar-refractivity contribution in [3.05, 3.63) is 16.9 Å². The Labute approximate surface area is 99.2 Å². The van der Waals surface area contributed by atoms with E-state index in [4.69, 9.17) is 10.5 Å². The van der Waals surface area contributed by atoms with Gasteiger partial charge in [-0.3, -0.25) is 4.98 Å². The number of pyridine rings is 1. The Kier molecular flexibility index (Phi) is 4.88. The third-order valence-corrected chi connectivity index (χ3v) is 2.74. The number of halogens is 1. The van der Waals surface area contributed by atoms with Crippen LogP contribution in [0.15, 0.2) is 16.9 Å². The first kappa shape index (κ1) is 12.3. The van der Waals surface area contributed by atoms with E-state index in [9.17, 15) is 0 Å². The number of hydrogen-bond acceptors (Lipinski definition) is 3. The molecule has 84 valence electrons. The number of anilines is 1. The molecule has 4 heteroatoms. The molecule has 0 bridgehead atoms. The highest BCUT2D eigenvalue weighted by Crippen LogP contribution is 2.30. The summed E-state index contributed by atoms with van der Waals surface area (Å²) in [5.74, 6) is 1.25. The largest absolute Gasteiger partial charge is 0.490 e. The van der Waals surface area contributed by atoms with Crippen molar-refractivity contribution >= 4 is 21.6 Å². The molecule has 0 aliphatic heterocycles. The van der Waals surface area contributed by atoms with Gasteiger partial charge in [0.15, 0.2) is 5.75 Å². The Hall–Kier alpha value is -0.770. The van der Waals surface area contributed by atoms with Gasteiger partial charge in [-0.15, -0.1) is 0 Å². The smallest absolute Gasteiger partial charge is 0.159 e. The van der Waals surface area contributed by atoms with Crippen LogP contribution in [0.25, 0.3) is 0 Å². The van der Waals surface area contributed by atoms with Crippen molar-refractivity contribution in [3.63, 3.8) is 0 Å². The highest BCUT2D eigenvalue weighted by Gasteiger charge is 2.08. The molecule has 0 radical (unpaired) electrons. The number of ether oxygens (including phenoxy) is 1. The fraction of sp³-hybridized carbons (Fsp3) is 0.545. The molecule has 1 rings (SSSR count). The molecule has 0 spiro atoms. The van der Waals surface area contributed by atoms with Crippen LogP contribution in [0.1, 0.15) is 26.7 Å². The van der Waals surface area contributed by atoms with E-state index in [-0.39, 0.29) is 0 Å². The maximum absolute atomic E-state index is 5.76. The maximum Gasteiger partial charge on any atom is 0.159 e. The third kappa shape index (κ3) is 3.70. The Bertz CT molecular complexity index is 297. The van der Waals surface area contributed by atoms with E-state index in [0.29, 0.717) is 24.0 Å². The molecule has 2 N–H and O–H groups in total. The summed E-state index contributed by atoms with van der Waals surface area (Å²) in [6, 6.07) is 0. The van der Waals surface area contributed by atoms with E-state index >= 15 is 0 Å². The van der Waals surface area contributed by atoms with Gasteiger partial charge in [0.2, 0.25) is 0 Å². The molecule has 0 saturated carbocycles. The molecule has 1 heterocycles. The van der Waals surface area contributed by atoms with Crippen molar-refractivity contribution in [2.24, 2.45) is 5.92 Å². The molecular formula is C11H17BrN2O. The fourth-order valence-corrected chi connectivity index (χ4v) is 1.85. The molecule has 3 nitrogen and oxygen atoms in total. The van der Waals surface area contributed by atoms with Gasteiger partial charge in [0.25, 0.3) is 0 Å². The first-order chi connectivity index (χ1) is 7.15. The molecule has 15 heavy (non-hydrogen) atoms. The normalized spacial score (nSPS) is 12.5. The lowest BCUT2D eigenvalue weighted by atomic mass is 10.1. The van der Waals surface area contributed by atoms with Crippen LogP contribution in [0, 0.1) is 5.92 Å². The van der Waals surface area contributed by atoms with Crippen LogP contribution in [-0.4, -0.2) is 11.6 Å². The lowest BCUT2D eigenvalue weighted by Gasteiger charge is -2.14. The zero-order valence-electron chi connectivity index (χ0n) is 9.16. The Morgan fingerprint density at radius 3 is 2.87 bits per heavy atom. The van der Waals surface area contributed by atoms with Crippen molar-refractivity contribution < 1.29 is 4.74 Å². The second kappa shape index (κ2) is 5.95. The minimum absolute atomic E-state index is 0.550. The second-order valence-corrected chi connectivity index (χ2v) is 4.60. The first-order valence-corrected chi connectivity index (χ1v) is 5.96. The van der Waals surface area contributed by atoms with Crippen LogP contribution < -0.4 is 10.5 Å². The van der Waals surface area contributed by atoms with Crippen molar-refractivity contribution in [2.75, 3.05) is 12.3 Å². The van der Waals surface area contributed by atoms with Crippen LogP contribution in [0.4, 0.5) is 5.69 Å². The SMILES string of the molecule is CCCC(C)COc1c(N)cncc1Br. The fourth-order valence-electron chi connectivity index (χ4n) is 1.39. The van der Waals surface area contributed by atoms with Gasteiger partial charge in [-0.25, -0.2) is 0 Å². The topological polar surface area (TPSA) is 48.1 Å². The van der Waals surface area contributed by atoms with E-state index < -0.39 is 0 Å². The van der Waals surface area contributed by atoms with Crippen LogP contribution in [0.3, 0.4) is 0 Å². The molecule has 0 fully saturated rings. The van der Waals surface area contributed by atoms with E-state index in [2.05, 4.69) is 34.8 Å². The Morgan fingerprint density at radius 2 is 2.27 bits per heavy atom. The monoisotopic (exact) mass is 272 g/mol. The van der Waals surface area contributed by atoms with Crippen LogP contribution >= 0.6 is 15.9 Å². The molecule has 0 aliphatic rings. The minimum Gasteiger partial charge on any atom is -0.490 e. The van der Waals surface area contributed by atoms with E-state index in [1.807, 2.05) is 0 Å². The van der Waals surface area contributed by atoms with Crippen molar-refractivity contribution in [2.45, 2.75) is 26.7 Å². The number of nitrogens with zero attached hydrogens (tertiary/aromatic N) is 1. The predicted octanol–water partition coefficient (Wildman–Crippen LogP) is 3.24. The molecule has 0 aromatic carbocycles. The van der Waals surface area contributed by atoms with Gasteiger partial charge >= 0.3 is 0 Å². The number of rotatable bonds is 5. The highest BCUT2D eigenvalue weighted by molar-refractivity contribution is 9.10. The lowest BCUT2D eigenvalue weighted by Crippen LogP contribution is -2.09. The summed E-state index contributed by atoms with van der Waals surface area (Å²) in [6.45, 7) is 5.04.